The first-order valence-corrected chi connectivity index (χ1v) is 7.94. The standard InChI is InChI=1S/C17H25N3O2.HI/c1-18-17(20-15-10-11-15)19-12-6-5-9-16(21)22-13-14-7-3-2-4-8-14;/h2-4,7-8,15H,5-6,9-13H2,1H3,(H2,18,19,20);1H. The molecule has 23 heavy (non-hydrogen) atoms. The number of rotatable bonds is 8. The van der Waals surface area contributed by atoms with Gasteiger partial charge in [0.15, 0.2) is 5.96 Å². The van der Waals surface area contributed by atoms with Crippen molar-refractivity contribution in [1.29, 1.82) is 0 Å². The van der Waals surface area contributed by atoms with Crippen molar-refractivity contribution in [3.05, 3.63) is 35.9 Å². The van der Waals surface area contributed by atoms with E-state index in [4.69, 9.17) is 4.74 Å². The van der Waals surface area contributed by atoms with Gasteiger partial charge in [0.25, 0.3) is 0 Å². The molecule has 1 saturated carbocycles. The van der Waals surface area contributed by atoms with Gasteiger partial charge in [0.05, 0.1) is 0 Å². The van der Waals surface area contributed by atoms with Crippen LogP contribution in [0.5, 0.6) is 0 Å². The molecule has 0 heterocycles. The number of nitrogens with zero attached hydrogens (tertiary/aromatic N) is 1. The minimum absolute atomic E-state index is 0. The lowest BCUT2D eigenvalue weighted by molar-refractivity contribution is -0.145. The number of guanidine groups is 1. The lowest BCUT2D eigenvalue weighted by atomic mass is 10.2. The van der Waals surface area contributed by atoms with Gasteiger partial charge in [-0.05, 0) is 31.2 Å². The van der Waals surface area contributed by atoms with Gasteiger partial charge in [-0.1, -0.05) is 30.3 Å². The van der Waals surface area contributed by atoms with Crippen LogP contribution in [0.15, 0.2) is 35.3 Å². The number of carbonyl (C=O) groups is 1. The number of benzene rings is 1. The first-order valence-electron chi connectivity index (χ1n) is 7.94. The van der Waals surface area contributed by atoms with Crippen molar-refractivity contribution in [3.63, 3.8) is 0 Å². The molecule has 2 rings (SSSR count). The van der Waals surface area contributed by atoms with Crippen molar-refractivity contribution in [3.8, 4) is 0 Å². The Morgan fingerprint density at radius 3 is 2.65 bits per heavy atom. The third-order valence-electron chi connectivity index (χ3n) is 3.48. The van der Waals surface area contributed by atoms with E-state index in [9.17, 15) is 4.79 Å². The number of unbranched alkanes of at least 4 members (excludes halogenated alkanes) is 1. The van der Waals surface area contributed by atoms with Crippen molar-refractivity contribution < 1.29 is 9.53 Å². The van der Waals surface area contributed by atoms with Gasteiger partial charge in [0.2, 0.25) is 0 Å². The first-order chi connectivity index (χ1) is 10.8. The molecular weight excluding hydrogens is 405 g/mol. The second kappa shape index (κ2) is 11.3. The normalized spacial score (nSPS) is 13.9. The molecule has 1 aromatic carbocycles. The molecule has 0 spiro atoms. The molecule has 0 radical (unpaired) electrons. The summed E-state index contributed by atoms with van der Waals surface area (Å²) in [4.78, 5) is 15.8. The molecule has 1 aliphatic rings. The fraction of sp³-hybridized carbons (Fsp3) is 0.529. The molecule has 0 amide bonds. The Morgan fingerprint density at radius 2 is 2.00 bits per heavy atom. The summed E-state index contributed by atoms with van der Waals surface area (Å²) in [5, 5.41) is 6.59. The quantitative estimate of drug-likeness (QED) is 0.219. The van der Waals surface area contributed by atoms with Crippen LogP contribution in [-0.2, 0) is 16.1 Å². The van der Waals surface area contributed by atoms with Crippen molar-refractivity contribution in [2.75, 3.05) is 13.6 Å². The molecule has 0 atom stereocenters. The van der Waals surface area contributed by atoms with E-state index >= 15 is 0 Å². The van der Waals surface area contributed by atoms with Gasteiger partial charge in [-0.15, -0.1) is 24.0 Å². The van der Waals surface area contributed by atoms with E-state index in [1.807, 2.05) is 30.3 Å². The summed E-state index contributed by atoms with van der Waals surface area (Å²) in [6.45, 7) is 1.17. The van der Waals surface area contributed by atoms with E-state index in [1.165, 1.54) is 12.8 Å². The summed E-state index contributed by atoms with van der Waals surface area (Å²) in [6.07, 6.45) is 4.66. The van der Waals surface area contributed by atoms with Crippen LogP contribution in [0.3, 0.4) is 0 Å². The molecule has 0 saturated heterocycles. The third kappa shape index (κ3) is 8.78. The molecule has 1 aromatic rings. The van der Waals surface area contributed by atoms with Crippen molar-refractivity contribution in [2.45, 2.75) is 44.8 Å². The molecule has 6 heteroatoms. The Hall–Kier alpha value is -1.31. The van der Waals surface area contributed by atoms with Gasteiger partial charge < -0.3 is 15.4 Å². The third-order valence-corrected chi connectivity index (χ3v) is 3.48. The average Bonchev–Trinajstić information content (AvgIpc) is 3.36. The number of halogens is 1. The highest BCUT2D eigenvalue weighted by atomic mass is 127. The Balaban J connectivity index is 0.00000264. The molecule has 1 fully saturated rings. The lowest BCUT2D eigenvalue weighted by Gasteiger charge is -2.10. The van der Waals surface area contributed by atoms with Crippen LogP contribution in [0, 0.1) is 0 Å². The average molecular weight is 431 g/mol. The van der Waals surface area contributed by atoms with E-state index in [0.717, 1.165) is 30.9 Å². The number of ether oxygens (including phenoxy) is 1. The molecule has 128 valence electrons. The highest BCUT2D eigenvalue weighted by Gasteiger charge is 2.21. The predicted molar refractivity (Wildman–Crippen MR) is 103 cm³/mol. The number of hydrogen-bond acceptors (Lipinski definition) is 3. The summed E-state index contributed by atoms with van der Waals surface area (Å²) in [7, 11) is 1.78. The second-order valence-electron chi connectivity index (χ2n) is 5.52. The maximum absolute atomic E-state index is 11.6. The topological polar surface area (TPSA) is 62.7 Å². The minimum Gasteiger partial charge on any atom is -0.461 e. The van der Waals surface area contributed by atoms with Gasteiger partial charge in [0, 0.05) is 26.1 Å². The molecule has 0 aliphatic heterocycles. The molecule has 0 aromatic heterocycles. The number of carbonyl (C=O) groups excluding carboxylic acids is 1. The Labute approximate surface area is 155 Å². The summed E-state index contributed by atoms with van der Waals surface area (Å²) < 4.78 is 5.24. The molecule has 0 unspecified atom stereocenters. The smallest absolute Gasteiger partial charge is 0.306 e. The summed E-state index contributed by atoms with van der Waals surface area (Å²) >= 11 is 0. The maximum atomic E-state index is 11.6. The van der Waals surface area contributed by atoms with E-state index in [-0.39, 0.29) is 29.9 Å². The van der Waals surface area contributed by atoms with E-state index in [1.54, 1.807) is 7.05 Å². The van der Waals surface area contributed by atoms with E-state index in [0.29, 0.717) is 19.1 Å². The minimum atomic E-state index is -0.135. The van der Waals surface area contributed by atoms with Crippen LogP contribution < -0.4 is 10.6 Å². The zero-order valence-corrected chi connectivity index (χ0v) is 15.9. The van der Waals surface area contributed by atoms with Crippen LogP contribution in [0.25, 0.3) is 0 Å². The van der Waals surface area contributed by atoms with Crippen LogP contribution in [0.2, 0.25) is 0 Å². The lowest BCUT2D eigenvalue weighted by Crippen LogP contribution is -2.38. The fourth-order valence-corrected chi connectivity index (χ4v) is 2.03. The van der Waals surface area contributed by atoms with Gasteiger partial charge >= 0.3 is 5.97 Å². The maximum Gasteiger partial charge on any atom is 0.306 e. The SMILES string of the molecule is CN=C(NCCCCC(=O)OCc1ccccc1)NC1CC1.I. The Morgan fingerprint density at radius 1 is 1.26 bits per heavy atom. The molecular formula is C17H26IN3O2. The van der Waals surface area contributed by atoms with Crippen molar-refractivity contribution in [1.82, 2.24) is 10.6 Å². The zero-order valence-electron chi connectivity index (χ0n) is 13.6. The van der Waals surface area contributed by atoms with E-state index < -0.39 is 0 Å². The van der Waals surface area contributed by atoms with Crippen LogP contribution in [-0.4, -0.2) is 31.6 Å². The highest BCUT2D eigenvalue weighted by Crippen LogP contribution is 2.18. The van der Waals surface area contributed by atoms with Gasteiger partial charge in [0.1, 0.15) is 6.61 Å². The molecule has 2 N–H and O–H groups in total. The summed E-state index contributed by atoms with van der Waals surface area (Å²) in [5.74, 6) is 0.721. The number of nitrogens with one attached hydrogen (secondary N) is 2. The number of hydrogen-bond donors (Lipinski definition) is 2. The van der Waals surface area contributed by atoms with Crippen LogP contribution >= 0.6 is 24.0 Å². The van der Waals surface area contributed by atoms with Gasteiger partial charge in [-0.25, -0.2) is 0 Å². The Bertz CT molecular complexity index is 490. The van der Waals surface area contributed by atoms with Gasteiger partial charge in [-0.3, -0.25) is 9.79 Å². The summed E-state index contributed by atoms with van der Waals surface area (Å²) in [5.41, 5.74) is 1.02. The zero-order chi connectivity index (χ0) is 15.6. The van der Waals surface area contributed by atoms with Crippen molar-refractivity contribution in [2.24, 2.45) is 4.99 Å². The largest absolute Gasteiger partial charge is 0.461 e. The highest BCUT2D eigenvalue weighted by molar-refractivity contribution is 14.0. The van der Waals surface area contributed by atoms with E-state index in [2.05, 4.69) is 15.6 Å². The molecule has 1 aliphatic carbocycles. The molecule has 0 bridgehead atoms. The monoisotopic (exact) mass is 431 g/mol. The van der Waals surface area contributed by atoms with Crippen molar-refractivity contribution >= 4 is 35.9 Å². The second-order valence-corrected chi connectivity index (χ2v) is 5.52. The van der Waals surface area contributed by atoms with Gasteiger partial charge in [-0.2, -0.15) is 0 Å². The first kappa shape index (κ1) is 19.7. The molecule has 5 nitrogen and oxygen atoms in total. The summed E-state index contributed by atoms with van der Waals surface area (Å²) in [6, 6.07) is 10.3. The number of esters is 1. The number of aliphatic imine (C=N–C) groups is 1. The van der Waals surface area contributed by atoms with Crippen LogP contribution in [0.1, 0.15) is 37.7 Å². The Kier molecular flexibility index (Phi) is 9.66. The predicted octanol–water partition coefficient (Wildman–Crippen LogP) is 2.85. The van der Waals surface area contributed by atoms with Crippen LogP contribution in [0.4, 0.5) is 0 Å². The fourth-order valence-electron chi connectivity index (χ4n) is 2.03.